The zero-order valence-corrected chi connectivity index (χ0v) is 8.86. The summed E-state index contributed by atoms with van der Waals surface area (Å²) in [6.07, 6.45) is 1.87. The third kappa shape index (κ3) is 1.14. The van der Waals surface area contributed by atoms with Crippen LogP contribution in [0.15, 0.2) is 36.7 Å². The van der Waals surface area contributed by atoms with Crippen molar-refractivity contribution in [3.8, 4) is 0 Å². The summed E-state index contributed by atoms with van der Waals surface area (Å²) < 4.78 is 2.08. The van der Waals surface area contributed by atoms with Gasteiger partial charge in [0.1, 0.15) is 0 Å². The van der Waals surface area contributed by atoms with Crippen LogP contribution in [0.4, 0.5) is 0 Å². The highest BCUT2D eigenvalue weighted by Gasteiger charge is 2.04. The molecule has 3 aromatic rings. The molecule has 2 nitrogen and oxygen atoms in total. The number of rotatable bonds is 0. The lowest BCUT2D eigenvalue weighted by molar-refractivity contribution is 0.951. The van der Waals surface area contributed by atoms with E-state index in [0.717, 1.165) is 5.52 Å². The van der Waals surface area contributed by atoms with Crippen LogP contribution in [0.1, 0.15) is 5.56 Å². The fourth-order valence-corrected chi connectivity index (χ4v) is 2.10. The van der Waals surface area contributed by atoms with Crippen molar-refractivity contribution < 1.29 is 0 Å². The number of hydrogen-bond acceptors (Lipinski definition) is 1. The topological polar surface area (TPSA) is 17.8 Å². The molecule has 0 unspecified atom stereocenters. The van der Waals surface area contributed by atoms with Crippen LogP contribution in [0.25, 0.3) is 21.8 Å². The van der Waals surface area contributed by atoms with Gasteiger partial charge >= 0.3 is 0 Å². The summed E-state index contributed by atoms with van der Waals surface area (Å²) in [5.41, 5.74) is 3.57. The second-order valence-corrected chi connectivity index (χ2v) is 4.01. The number of aromatic nitrogens is 2. The summed E-state index contributed by atoms with van der Waals surface area (Å²) in [5, 5.41) is 2.56. The van der Waals surface area contributed by atoms with Gasteiger partial charge in [-0.15, -0.1) is 0 Å². The normalized spacial score (nSPS) is 11.3. The molecular weight excluding hydrogens is 184 g/mol. The average molecular weight is 196 g/mol. The molecule has 0 aliphatic carbocycles. The van der Waals surface area contributed by atoms with E-state index in [0.29, 0.717) is 0 Å². The second kappa shape index (κ2) is 2.83. The van der Waals surface area contributed by atoms with Gasteiger partial charge in [0.2, 0.25) is 0 Å². The summed E-state index contributed by atoms with van der Waals surface area (Å²) >= 11 is 0. The van der Waals surface area contributed by atoms with Crippen molar-refractivity contribution in [3.63, 3.8) is 0 Å². The predicted molar refractivity (Wildman–Crippen MR) is 63.0 cm³/mol. The van der Waals surface area contributed by atoms with Crippen LogP contribution in [-0.4, -0.2) is 9.55 Å². The van der Waals surface area contributed by atoms with Gasteiger partial charge in [-0.05, 0) is 18.4 Å². The van der Waals surface area contributed by atoms with Gasteiger partial charge in [0.15, 0.2) is 0 Å². The zero-order valence-electron chi connectivity index (χ0n) is 8.86. The third-order valence-electron chi connectivity index (χ3n) is 2.85. The maximum atomic E-state index is 4.35. The molecule has 0 radical (unpaired) electrons. The predicted octanol–water partition coefficient (Wildman–Crippen LogP) is 3.03. The van der Waals surface area contributed by atoms with Crippen LogP contribution < -0.4 is 0 Å². The van der Waals surface area contributed by atoms with Crippen molar-refractivity contribution in [3.05, 3.63) is 42.2 Å². The number of imidazole rings is 1. The zero-order chi connectivity index (χ0) is 10.4. The van der Waals surface area contributed by atoms with Gasteiger partial charge < -0.3 is 4.57 Å². The van der Waals surface area contributed by atoms with Crippen LogP contribution in [0, 0.1) is 6.92 Å². The summed E-state index contributed by atoms with van der Waals surface area (Å²) in [6.45, 7) is 2.12. The highest BCUT2D eigenvalue weighted by molar-refractivity contribution is 6.04. The summed E-state index contributed by atoms with van der Waals surface area (Å²) in [7, 11) is 2.04. The number of hydrogen-bond donors (Lipinski definition) is 0. The molecule has 0 bridgehead atoms. The van der Waals surface area contributed by atoms with Gasteiger partial charge in [0.05, 0.1) is 17.4 Å². The van der Waals surface area contributed by atoms with Gasteiger partial charge in [-0.25, -0.2) is 4.98 Å². The molecular formula is C13H12N2. The van der Waals surface area contributed by atoms with Crippen LogP contribution in [0.3, 0.4) is 0 Å². The van der Waals surface area contributed by atoms with E-state index in [-0.39, 0.29) is 0 Å². The number of aryl methyl sites for hydroxylation is 2. The molecule has 0 atom stereocenters. The number of fused-ring (bicyclic) bond motifs is 3. The average Bonchev–Trinajstić information content (AvgIpc) is 2.60. The molecule has 0 spiro atoms. The van der Waals surface area contributed by atoms with E-state index in [4.69, 9.17) is 0 Å². The van der Waals surface area contributed by atoms with E-state index in [1.165, 1.54) is 21.9 Å². The Kier molecular flexibility index (Phi) is 1.60. The summed E-state index contributed by atoms with van der Waals surface area (Å²) in [4.78, 5) is 4.35. The Labute approximate surface area is 88.2 Å². The third-order valence-corrected chi connectivity index (χ3v) is 2.85. The van der Waals surface area contributed by atoms with E-state index >= 15 is 0 Å². The smallest absolute Gasteiger partial charge is 0.0955 e. The van der Waals surface area contributed by atoms with E-state index < -0.39 is 0 Å². The minimum absolute atomic E-state index is 1.06. The first-order chi connectivity index (χ1) is 7.25. The Morgan fingerprint density at radius 1 is 1.13 bits per heavy atom. The molecule has 0 amide bonds. The first-order valence-corrected chi connectivity index (χ1v) is 5.06. The molecule has 1 heterocycles. The molecule has 2 aromatic carbocycles. The number of benzene rings is 2. The van der Waals surface area contributed by atoms with Crippen molar-refractivity contribution in [1.29, 1.82) is 0 Å². The Hall–Kier alpha value is -1.83. The Morgan fingerprint density at radius 3 is 2.87 bits per heavy atom. The van der Waals surface area contributed by atoms with E-state index in [1.807, 2.05) is 13.4 Å². The van der Waals surface area contributed by atoms with Crippen LogP contribution in [0.5, 0.6) is 0 Å². The molecule has 0 fully saturated rings. The molecule has 2 heteroatoms. The van der Waals surface area contributed by atoms with Gasteiger partial charge in [-0.3, -0.25) is 0 Å². The Bertz CT molecular complexity index is 650. The van der Waals surface area contributed by atoms with Crippen molar-refractivity contribution >= 4 is 21.8 Å². The van der Waals surface area contributed by atoms with E-state index in [1.54, 1.807) is 0 Å². The van der Waals surface area contributed by atoms with E-state index in [9.17, 15) is 0 Å². The lowest BCUT2D eigenvalue weighted by Crippen LogP contribution is -1.86. The lowest BCUT2D eigenvalue weighted by Gasteiger charge is -2.02. The van der Waals surface area contributed by atoms with Gasteiger partial charge in [0.25, 0.3) is 0 Å². The van der Waals surface area contributed by atoms with Crippen LogP contribution in [0.2, 0.25) is 0 Å². The molecule has 1 aromatic heterocycles. The fourth-order valence-electron chi connectivity index (χ4n) is 2.10. The largest absolute Gasteiger partial charge is 0.333 e. The summed E-state index contributed by atoms with van der Waals surface area (Å²) in [6, 6.07) is 10.8. The second-order valence-electron chi connectivity index (χ2n) is 4.01. The molecule has 74 valence electrons. The van der Waals surface area contributed by atoms with Crippen LogP contribution in [-0.2, 0) is 7.05 Å². The molecule has 3 rings (SSSR count). The SMILES string of the molecule is Cc1ccc2c(ccc3ncn(C)c32)c1. The molecule has 15 heavy (non-hydrogen) atoms. The Balaban J connectivity index is 2.58. The van der Waals surface area contributed by atoms with Crippen LogP contribution >= 0.6 is 0 Å². The van der Waals surface area contributed by atoms with Crippen molar-refractivity contribution in [2.75, 3.05) is 0 Å². The monoisotopic (exact) mass is 196 g/mol. The maximum Gasteiger partial charge on any atom is 0.0955 e. The highest BCUT2D eigenvalue weighted by atomic mass is 15.0. The van der Waals surface area contributed by atoms with Gasteiger partial charge in [0, 0.05) is 12.4 Å². The Morgan fingerprint density at radius 2 is 2.00 bits per heavy atom. The molecule has 0 saturated carbocycles. The van der Waals surface area contributed by atoms with Crippen molar-refractivity contribution in [2.45, 2.75) is 6.92 Å². The molecule has 0 N–H and O–H groups in total. The maximum absolute atomic E-state index is 4.35. The standard InChI is InChI=1S/C13H12N2/c1-9-3-5-11-10(7-9)4-6-12-13(11)15(2)8-14-12/h3-8H,1-2H3. The first kappa shape index (κ1) is 8.48. The van der Waals surface area contributed by atoms with Crippen molar-refractivity contribution in [2.24, 2.45) is 7.05 Å². The van der Waals surface area contributed by atoms with Gasteiger partial charge in [-0.1, -0.05) is 29.8 Å². The first-order valence-electron chi connectivity index (χ1n) is 5.06. The fraction of sp³-hybridized carbons (Fsp3) is 0.154. The van der Waals surface area contributed by atoms with Gasteiger partial charge in [-0.2, -0.15) is 0 Å². The lowest BCUT2D eigenvalue weighted by atomic mass is 10.1. The minimum atomic E-state index is 1.06. The minimum Gasteiger partial charge on any atom is -0.333 e. The molecule has 0 aliphatic rings. The number of nitrogens with zero attached hydrogens (tertiary/aromatic N) is 2. The molecule has 0 aliphatic heterocycles. The highest BCUT2D eigenvalue weighted by Crippen LogP contribution is 2.24. The van der Waals surface area contributed by atoms with E-state index in [2.05, 4.69) is 46.8 Å². The quantitative estimate of drug-likeness (QED) is 0.540. The van der Waals surface area contributed by atoms with Crippen molar-refractivity contribution in [1.82, 2.24) is 9.55 Å². The summed E-state index contributed by atoms with van der Waals surface area (Å²) in [5.74, 6) is 0. The molecule has 0 saturated heterocycles.